The van der Waals surface area contributed by atoms with Gasteiger partial charge in [0.1, 0.15) is 11.8 Å². The van der Waals surface area contributed by atoms with E-state index in [2.05, 4.69) is 212 Å². The number of benzene rings is 7. The van der Waals surface area contributed by atoms with Gasteiger partial charge in [0.05, 0.1) is 21.3 Å². The van der Waals surface area contributed by atoms with Crippen LogP contribution in [0, 0.1) is 0 Å². The summed E-state index contributed by atoms with van der Waals surface area (Å²) >= 11 is 8.67. The van der Waals surface area contributed by atoms with Crippen molar-refractivity contribution in [3.05, 3.63) is 221 Å². The van der Waals surface area contributed by atoms with Gasteiger partial charge in [-0.15, -0.1) is 11.3 Å². The molecule has 414 valence electrons. The second kappa shape index (κ2) is 31.2. The molecule has 0 radical (unpaired) electrons. The maximum atomic E-state index is 5.72. The summed E-state index contributed by atoms with van der Waals surface area (Å²) in [6.07, 6.45) is 6.28. The number of oxazole rings is 1. The number of aromatic nitrogens is 7. The highest BCUT2D eigenvalue weighted by Gasteiger charge is 2.10. The van der Waals surface area contributed by atoms with Crippen LogP contribution in [0.5, 0.6) is 0 Å². The number of thioether (sulfide) groups is 4. The summed E-state index contributed by atoms with van der Waals surface area (Å²) in [4.78, 5) is 21.2. The summed E-state index contributed by atoms with van der Waals surface area (Å²) in [6, 6.07) is 60.1. The highest BCUT2D eigenvalue weighted by Crippen LogP contribution is 2.33. The zero-order valence-corrected chi connectivity index (χ0v) is 51.5. The minimum Gasteiger partial charge on any atom is -0.431 e. The van der Waals surface area contributed by atoms with E-state index in [1.165, 1.54) is 81.2 Å². The number of H-pyrrole nitrogens is 2. The number of nitrogens with zero attached hydrogens (tertiary/aromatic N) is 5. The van der Waals surface area contributed by atoms with Crippen LogP contribution in [-0.4, -0.2) is 35.1 Å². The molecule has 0 fully saturated rings. The number of aromatic amines is 2. The third-order valence-corrected chi connectivity index (χ3v) is 19.5. The number of para-hydroxylation sites is 5. The Labute approximate surface area is 495 Å². The fraction of sp³-hybridized carbons (Fsp3) is 0.299. The highest BCUT2D eigenvalue weighted by molar-refractivity contribution is 8.00. The maximum Gasteiger partial charge on any atom is 0.257 e. The molecule has 11 aromatic rings. The average Bonchev–Trinajstić information content (AvgIpc) is 4.37. The summed E-state index contributed by atoms with van der Waals surface area (Å²) in [5.41, 5.74) is 16.0. The van der Waals surface area contributed by atoms with Gasteiger partial charge < -0.3 is 9.40 Å². The predicted molar refractivity (Wildman–Crippen MR) is 345 cm³/mol. The lowest BCUT2D eigenvalue weighted by atomic mass is 9.98. The van der Waals surface area contributed by atoms with Crippen molar-refractivity contribution in [1.82, 2.24) is 35.1 Å². The number of hydrogen-bond acceptors (Lipinski definition) is 11. The zero-order chi connectivity index (χ0) is 56.1. The van der Waals surface area contributed by atoms with Gasteiger partial charge in [0.15, 0.2) is 20.2 Å². The second-order valence-electron chi connectivity index (χ2n) is 20.1. The van der Waals surface area contributed by atoms with Gasteiger partial charge in [-0.3, -0.25) is 5.10 Å². The van der Waals surface area contributed by atoms with Crippen molar-refractivity contribution in [3.63, 3.8) is 0 Å². The zero-order valence-electron chi connectivity index (χ0n) is 47.4. The molecule has 4 aromatic heterocycles. The highest BCUT2D eigenvalue weighted by atomic mass is 32.2. The molecule has 0 saturated heterocycles. The Hall–Kier alpha value is -6.09. The quantitative estimate of drug-likeness (QED) is 0.0716. The molecule has 4 unspecified atom stereocenters. The molecule has 4 heterocycles. The van der Waals surface area contributed by atoms with Crippen LogP contribution >= 0.6 is 58.4 Å². The van der Waals surface area contributed by atoms with Crippen LogP contribution < -0.4 is 0 Å². The molecule has 8 nitrogen and oxygen atoms in total. The van der Waals surface area contributed by atoms with Gasteiger partial charge in [0, 0.05) is 23.0 Å². The number of nitrogens with one attached hydrogen (secondary N) is 2. The first-order valence-electron chi connectivity index (χ1n) is 28.0. The average molecular weight is 1150 g/mol. The molecule has 80 heavy (non-hydrogen) atoms. The summed E-state index contributed by atoms with van der Waals surface area (Å²) in [6.45, 7) is 18.0. The van der Waals surface area contributed by atoms with E-state index in [-0.39, 0.29) is 0 Å². The van der Waals surface area contributed by atoms with Gasteiger partial charge in [-0.1, -0.05) is 236 Å². The van der Waals surface area contributed by atoms with E-state index >= 15 is 0 Å². The summed E-state index contributed by atoms with van der Waals surface area (Å²) < 4.78 is 8.15. The Morgan fingerprint density at radius 2 is 0.875 bits per heavy atom. The molecule has 13 heteroatoms. The third kappa shape index (κ3) is 18.0. The van der Waals surface area contributed by atoms with Gasteiger partial charge >= 0.3 is 0 Å². The van der Waals surface area contributed by atoms with E-state index in [1.54, 1.807) is 46.6 Å². The van der Waals surface area contributed by atoms with Gasteiger partial charge in [-0.2, -0.15) is 5.10 Å². The van der Waals surface area contributed by atoms with Crippen LogP contribution in [0.3, 0.4) is 0 Å². The lowest BCUT2D eigenvalue weighted by Crippen LogP contribution is -1.91. The minimum atomic E-state index is 0.628. The third-order valence-electron chi connectivity index (χ3n) is 14.4. The Balaban J connectivity index is 0.000000141. The fourth-order valence-electron chi connectivity index (χ4n) is 8.39. The van der Waals surface area contributed by atoms with E-state index in [0.29, 0.717) is 23.7 Å². The summed E-state index contributed by atoms with van der Waals surface area (Å²) in [5.74, 6) is 6.30. The molecule has 0 bridgehead atoms. The van der Waals surface area contributed by atoms with Crippen molar-refractivity contribution in [3.8, 4) is 0 Å². The molecule has 11 rings (SSSR count). The van der Waals surface area contributed by atoms with Gasteiger partial charge in [-0.25, -0.2) is 19.9 Å². The summed E-state index contributed by atoms with van der Waals surface area (Å²) in [5, 5.41) is 9.27. The molecule has 0 amide bonds. The van der Waals surface area contributed by atoms with E-state index in [4.69, 9.17) is 4.42 Å². The first-order valence-corrected chi connectivity index (χ1v) is 32.7. The molecule has 0 aliphatic rings. The number of rotatable bonds is 20. The predicted octanol–water partition coefficient (Wildman–Crippen LogP) is 20.7. The first-order chi connectivity index (χ1) is 39.1. The van der Waals surface area contributed by atoms with Crippen molar-refractivity contribution in [1.29, 1.82) is 0 Å². The number of hydrogen-bond donors (Lipinski definition) is 2. The van der Waals surface area contributed by atoms with Crippen molar-refractivity contribution in [2.45, 2.75) is 148 Å². The van der Waals surface area contributed by atoms with E-state index in [9.17, 15) is 0 Å². The standard InChI is InChI=1S/C18H20N2S.C18H19NOS.C18H19NS2.C13H17N3S/c2*1-3-13(2)15-10-8-14(9-11-15)12-21-18-19-16-6-4-5-7-17(16)20-18;1-3-13(2)15-10-8-14(9-11-15)12-20-18-19-16-6-4-5-7-17(16)21-18;1-3-10(2)12-6-4-11(5-7-12)8-17-13-14-9-15-16-13/h4-11,13H,3,12H2,1-2H3,(H,19,20);2*4-11,13H,3,12H2,1-2H3;4-7,9-10H,3,8H2,1-2H3,(H,14,15,16). The van der Waals surface area contributed by atoms with Crippen LogP contribution in [0.2, 0.25) is 0 Å². The molecule has 2 N–H and O–H groups in total. The van der Waals surface area contributed by atoms with E-state index in [0.717, 1.165) is 70.5 Å². The van der Waals surface area contributed by atoms with E-state index < -0.39 is 0 Å². The smallest absolute Gasteiger partial charge is 0.257 e. The van der Waals surface area contributed by atoms with Crippen LogP contribution in [0.1, 0.15) is 149 Å². The van der Waals surface area contributed by atoms with Gasteiger partial charge in [-0.05, 0) is 130 Å². The minimum absolute atomic E-state index is 0.628. The van der Waals surface area contributed by atoms with Crippen LogP contribution in [0.4, 0.5) is 0 Å². The fourth-order valence-corrected chi connectivity index (χ4v) is 12.8. The molecular formula is C67H75N7OS5. The lowest BCUT2D eigenvalue weighted by molar-refractivity contribution is 0.489. The maximum absolute atomic E-state index is 5.72. The first kappa shape index (κ1) is 60.0. The van der Waals surface area contributed by atoms with Crippen molar-refractivity contribution in [2.24, 2.45) is 0 Å². The number of fused-ring (bicyclic) bond motifs is 3. The lowest BCUT2D eigenvalue weighted by Gasteiger charge is -2.09. The number of imidazole rings is 1. The molecule has 0 aliphatic carbocycles. The van der Waals surface area contributed by atoms with Crippen molar-refractivity contribution in [2.75, 3.05) is 0 Å². The summed E-state index contributed by atoms with van der Waals surface area (Å²) in [7, 11) is 0. The monoisotopic (exact) mass is 1150 g/mol. The van der Waals surface area contributed by atoms with Gasteiger partial charge in [0.2, 0.25) is 0 Å². The Bertz CT molecular complexity index is 3120. The molecule has 4 atom stereocenters. The van der Waals surface area contributed by atoms with Crippen LogP contribution in [0.15, 0.2) is 200 Å². The van der Waals surface area contributed by atoms with Crippen molar-refractivity contribution >= 4 is 90.7 Å². The van der Waals surface area contributed by atoms with E-state index in [1.807, 2.05) is 60.3 Å². The largest absolute Gasteiger partial charge is 0.431 e. The normalized spacial score (nSPS) is 12.7. The topological polar surface area (TPSA) is 109 Å². The second-order valence-corrected chi connectivity index (χ2v) is 25.2. The Morgan fingerprint density at radius 1 is 0.438 bits per heavy atom. The molecule has 0 spiro atoms. The number of thiazole rings is 1. The Kier molecular flexibility index (Phi) is 23.4. The van der Waals surface area contributed by atoms with Gasteiger partial charge in [0.25, 0.3) is 5.22 Å². The molecular weight excluding hydrogens is 1080 g/mol. The Morgan fingerprint density at radius 3 is 1.34 bits per heavy atom. The SMILES string of the molecule is CCC(C)c1ccc(CSc2nc3ccccc3[nH]2)cc1.CCC(C)c1ccc(CSc2nc3ccccc3o2)cc1.CCC(C)c1ccc(CSc2nc3ccccc3s2)cc1.CCC(C)c1ccc(CSc2ncn[nH]2)cc1. The molecule has 0 aliphatic heterocycles. The molecule has 7 aromatic carbocycles. The van der Waals surface area contributed by atoms with Crippen molar-refractivity contribution < 1.29 is 4.42 Å². The van der Waals surface area contributed by atoms with Crippen LogP contribution in [-0.2, 0) is 23.0 Å². The van der Waals surface area contributed by atoms with Crippen LogP contribution in [0.25, 0.3) is 32.3 Å². The molecule has 0 saturated carbocycles.